The molecule has 0 saturated heterocycles. The van der Waals surface area contributed by atoms with Crippen LogP contribution in [0.5, 0.6) is 0 Å². The van der Waals surface area contributed by atoms with Crippen molar-refractivity contribution >= 4 is 31.9 Å². The molecule has 2 heteroatoms. The summed E-state index contributed by atoms with van der Waals surface area (Å²) in [7, 11) is 0. The first-order chi connectivity index (χ1) is 5.42. The summed E-state index contributed by atoms with van der Waals surface area (Å²) in [6.07, 6.45) is 5.86. The Labute approximate surface area is 92.1 Å². The minimum absolute atomic E-state index is 0.372. The molecular weight excluding hydrogens is 280 g/mol. The predicted octanol–water partition coefficient (Wildman–Crippen LogP) is 4.14. The lowest BCUT2D eigenvalue weighted by atomic mass is 9.76. The Morgan fingerprint density at radius 3 is 2.50 bits per heavy atom. The first-order valence-electron chi connectivity index (χ1n) is 4.40. The number of halogens is 2. The van der Waals surface area contributed by atoms with Gasteiger partial charge in [0.25, 0.3) is 0 Å². The molecule has 0 fully saturated rings. The molecule has 0 bridgehead atoms. The highest BCUT2D eigenvalue weighted by atomic mass is 79.9. The minimum Gasteiger partial charge on any atom is -0.0890 e. The van der Waals surface area contributed by atoms with Crippen molar-refractivity contribution in [3.63, 3.8) is 0 Å². The van der Waals surface area contributed by atoms with E-state index in [1.54, 1.807) is 0 Å². The van der Waals surface area contributed by atoms with Gasteiger partial charge in [-0.15, -0.1) is 0 Å². The summed E-state index contributed by atoms with van der Waals surface area (Å²) in [4.78, 5) is 1.13. The van der Waals surface area contributed by atoms with E-state index in [4.69, 9.17) is 0 Å². The van der Waals surface area contributed by atoms with Gasteiger partial charge in [0, 0.05) is 9.65 Å². The standard InChI is InChI=1S/C10H16Br2/c1-7(11)8-6-10(2,3)5-4-9(8)12/h4-5,7-9H,6H2,1-3H3. The van der Waals surface area contributed by atoms with Gasteiger partial charge in [0.15, 0.2) is 0 Å². The van der Waals surface area contributed by atoms with E-state index in [2.05, 4.69) is 64.8 Å². The fraction of sp³-hybridized carbons (Fsp3) is 0.800. The summed E-state index contributed by atoms with van der Waals surface area (Å²) >= 11 is 7.35. The molecule has 0 amide bonds. The topological polar surface area (TPSA) is 0 Å². The van der Waals surface area contributed by atoms with Gasteiger partial charge in [-0.25, -0.2) is 0 Å². The number of alkyl halides is 2. The summed E-state index contributed by atoms with van der Waals surface area (Å²) in [6, 6.07) is 0. The van der Waals surface area contributed by atoms with Crippen LogP contribution in [-0.4, -0.2) is 9.65 Å². The molecule has 0 spiro atoms. The summed E-state index contributed by atoms with van der Waals surface area (Å²) in [5.74, 6) is 0.713. The molecule has 3 unspecified atom stereocenters. The third kappa shape index (κ3) is 2.59. The number of hydrogen-bond donors (Lipinski definition) is 0. The summed E-state index contributed by atoms with van der Waals surface area (Å²) in [5, 5.41) is 0. The van der Waals surface area contributed by atoms with Gasteiger partial charge in [-0.2, -0.15) is 0 Å². The summed E-state index contributed by atoms with van der Waals surface area (Å²) in [6.45, 7) is 6.82. The Balaban J connectivity index is 2.73. The zero-order chi connectivity index (χ0) is 9.35. The Bertz CT molecular complexity index is 182. The fourth-order valence-electron chi connectivity index (χ4n) is 1.70. The van der Waals surface area contributed by atoms with Gasteiger partial charge >= 0.3 is 0 Å². The summed E-state index contributed by atoms with van der Waals surface area (Å²) < 4.78 is 0. The van der Waals surface area contributed by atoms with Gasteiger partial charge < -0.3 is 0 Å². The average Bonchev–Trinajstić information content (AvgIpc) is 1.94. The van der Waals surface area contributed by atoms with Crippen molar-refractivity contribution < 1.29 is 0 Å². The first kappa shape index (κ1) is 10.8. The molecule has 0 radical (unpaired) electrons. The van der Waals surface area contributed by atoms with Crippen molar-refractivity contribution in [1.29, 1.82) is 0 Å². The maximum Gasteiger partial charge on any atom is 0.0364 e. The molecule has 3 atom stereocenters. The highest BCUT2D eigenvalue weighted by Gasteiger charge is 2.31. The van der Waals surface area contributed by atoms with Crippen LogP contribution < -0.4 is 0 Å². The molecule has 70 valence electrons. The van der Waals surface area contributed by atoms with Crippen LogP contribution in [0.15, 0.2) is 12.2 Å². The SMILES string of the molecule is CC(Br)C1CC(C)(C)C=CC1Br. The van der Waals surface area contributed by atoms with Gasteiger partial charge in [0.1, 0.15) is 0 Å². The molecule has 0 saturated carbocycles. The number of rotatable bonds is 1. The maximum absolute atomic E-state index is 3.69. The Hall–Kier alpha value is 0.700. The monoisotopic (exact) mass is 294 g/mol. The van der Waals surface area contributed by atoms with Crippen molar-refractivity contribution in [1.82, 2.24) is 0 Å². The molecule has 0 aromatic carbocycles. The second kappa shape index (κ2) is 3.83. The van der Waals surface area contributed by atoms with Crippen LogP contribution in [0.1, 0.15) is 27.2 Å². The van der Waals surface area contributed by atoms with E-state index >= 15 is 0 Å². The van der Waals surface area contributed by atoms with Crippen molar-refractivity contribution in [2.75, 3.05) is 0 Å². The minimum atomic E-state index is 0.372. The zero-order valence-electron chi connectivity index (χ0n) is 7.85. The second-order valence-electron chi connectivity index (χ2n) is 4.34. The fourth-order valence-corrected chi connectivity index (χ4v) is 3.42. The Morgan fingerprint density at radius 2 is 2.08 bits per heavy atom. The molecule has 0 heterocycles. The molecule has 1 aliphatic rings. The van der Waals surface area contributed by atoms with E-state index < -0.39 is 0 Å². The van der Waals surface area contributed by atoms with Crippen LogP contribution in [0, 0.1) is 11.3 Å². The quantitative estimate of drug-likeness (QED) is 0.504. The normalized spacial score (nSPS) is 36.4. The first-order valence-corrected chi connectivity index (χ1v) is 6.23. The van der Waals surface area contributed by atoms with Crippen LogP contribution in [0.4, 0.5) is 0 Å². The zero-order valence-corrected chi connectivity index (χ0v) is 11.0. The van der Waals surface area contributed by atoms with Crippen molar-refractivity contribution in [2.24, 2.45) is 11.3 Å². The second-order valence-corrected chi connectivity index (χ2v) is 6.84. The maximum atomic E-state index is 3.69. The highest BCUT2D eigenvalue weighted by molar-refractivity contribution is 9.10. The van der Waals surface area contributed by atoms with E-state index in [1.165, 1.54) is 6.42 Å². The molecule has 1 rings (SSSR count). The van der Waals surface area contributed by atoms with E-state index in [9.17, 15) is 0 Å². The number of allylic oxidation sites excluding steroid dienone is 2. The van der Waals surface area contributed by atoms with Crippen molar-refractivity contribution in [3.05, 3.63) is 12.2 Å². The van der Waals surface area contributed by atoms with Gasteiger partial charge in [-0.1, -0.05) is 64.8 Å². The van der Waals surface area contributed by atoms with Crippen molar-refractivity contribution in [2.45, 2.75) is 36.8 Å². The van der Waals surface area contributed by atoms with E-state index in [-0.39, 0.29) is 0 Å². The van der Waals surface area contributed by atoms with Gasteiger partial charge in [0.2, 0.25) is 0 Å². The van der Waals surface area contributed by atoms with Crippen LogP contribution in [0.2, 0.25) is 0 Å². The third-order valence-corrected chi connectivity index (χ3v) is 4.16. The van der Waals surface area contributed by atoms with Gasteiger partial charge in [-0.05, 0) is 17.8 Å². The molecule has 0 nitrogen and oxygen atoms in total. The lowest BCUT2D eigenvalue weighted by Crippen LogP contribution is -2.30. The average molecular weight is 296 g/mol. The third-order valence-electron chi connectivity index (χ3n) is 2.49. The van der Waals surface area contributed by atoms with Crippen LogP contribution in [-0.2, 0) is 0 Å². The molecule has 0 aromatic heterocycles. The van der Waals surface area contributed by atoms with Crippen molar-refractivity contribution in [3.8, 4) is 0 Å². The van der Waals surface area contributed by atoms with E-state index in [1.807, 2.05) is 0 Å². The Morgan fingerprint density at radius 1 is 1.50 bits per heavy atom. The van der Waals surface area contributed by atoms with E-state index in [0.717, 1.165) is 0 Å². The van der Waals surface area contributed by atoms with Crippen LogP contribution >= 0.6 is 31.9 Å². The highest BCUT2D eigenvalue weighted by Crippen LogP contribution is 2.39. The lowest BCUT2D eigenvalue weighted by Gasteiger charge is -2.35. The molecule has 12 heavy (non-hydrogen) atoms. The molecule has 1 aliphatic carbocycles. The van der Waals surface area contributed by atoms with Crippen LogP contribution in [0.25, 0.3) is 0 Å². The smallest absolute Gasteiger partial charge is 0.0364 e. The molecule has 0 N–H and O–H groups in total. The van der Waals surface area contributed by atoms with Gasteiger partial charge in [0.05, 0.1) is 0 Å². The summed E-state index contributed by atoms with van der Waals surface area (Å²) in [5.41, 5.74) is 0.372. The van der Waals surface area contributed by atoms with Gasteiger partial charge in [-0.3, -0.25) is 0 Å². The van der Waals surface area contributed by atoms with Crippen LogP contribution in [0.3, 0.4) is 0 Å². The predicted molar refractivity (Wildman–Crippen MR) is 62.1 cm³/mol. The molecule has 0 aliphatic heterocycles. The largest absolute Gasteiger partial charge is 0.0890 e. The Kier molecular flexibility index (Phi) is 3.44. The molecule has 0 aromatic rings. The number of hydrogen-bond acceptors (Lipinski definition) is 0. The molecular formula is C10H16Br2. The lowest BCUT2D eigenvalue weighted by molar-refractivity contribution is 0.321. The van der Waals surface area contributed by atoms with E-state index in [0.29, 0.717) is 21.0 Å².